The molecule has 0 aliphatic rings. The number of hydrogen-bond donors (Lipinski definition) is 1. The molecule has 0 aromatic heterocycles. The molecule has 0 saturated carbocycles. The number of ether oxygens (including phenoxy) is 1. The van der Waals surface area contributed by atoms with E-state index in [0.717, 1.165) is 5.56 Å². The van der Waals surface area contributed by atoms with Crippen LogP contribution in [0.2, 0.25) is 0 Å². The van der Waals surface area contributed by atoms with Crippen LogP contribution < -0.4 is 5.73 Å². The van der Waals surface area contributed by atoms with Gasteiger partial charge in [0.2, 0.25) is 10.0 Å². The van der Waals surface area contributed by atoms with Crippen molar-refractivity contribution >= 4 is 27.2 Å². The van der Waals surface area contributed by atoms with Crippen LogP contribution in [0.5, 0.6) is 0 Å². The van der Waals surface area contributed by atoms with E-state index < -0.39 is 10.0 Å². The Labute approximate surface area is 132 Å². The minimum atomic E-state index is -3.39. The number of nitrogens with zero attached hydrogens (tertiary/aromatic N) is 1. The maximum absolute atomic E-state index is 12.5. The van der Waals surface area contributed by atoms with Crippen LogP contribution >= 0.6 is 12.2 Å². The van der Waals surface area contributed by atoms with Crippen molar-refractivity contribution in [3.8, 4) is 0 Å². The lowest BCUT2D eigenvalue weighted by atomic mass is 10.1. The summed E-state index contributed by atoms with van der Waals surface area (Å²) in [7, 11) is -1.84. The maximum atomic E-state index is 12.5. The molecular weight excluding hydrogens is 308 g/mol. The Morgan fingerprint density at radius 1 is 1.33 bits per heavy atom. The average Bonchev–Trinajstić information content (AvgIpc) is 2.38. The molecule has 5 nitrogen and oxygen atoms in total. The molecule has 0 heterocycles. The summed E-state index contributed by atoms with van der Waals surface area (Å²) in [6, 6.07) is 6.84. The van der Waals surface area contributed by atoms with E-state index in [2.05, 4.69) is 0 Å². The highest BCUT2D eigenvalue weighted by atomic mass is 32.2. The van der Waals surface area contributed by atoms with Gasteiger partial charge in [-0.3, -0.25) is 0 Å². The third-order valence-corrected chi connectivity index (χ3v) is 5.29. The van der Waals surface area contributed by atoms with Crippen molar-refractivity contribution in [2.24, 2.45) is 5.73 Å². The predicted molar refractivity (Wildman–Crippen MR) is 88.7 cm³/mol. The van der Waals surface area contributed by atoms with Crippen molar-refractivity contribution in [2.45, 2.75) is 25.6 Å². The van der Waals surface area contributed by atoms with Crippen molar-refractivity contribution in [3.05, 3.63) is 35.4 Å². The van der Waals surface area contributed by atoms with Gasteiger partial charge in [0.05, 0.1) is 12.4 Å². The summed E-state index contributed by atoms with van der Waals surface area (Å²) in [5.41, 5.74) is 6.96. The molecular formula is C14H22N2O3S2. The molecule has 0 spiro atoms. The largest absolute Gasteiger partial charge is 0.389 e. The molecule has 0 radical (unpaired) electrons. The molecule has 0 aliphatic carbocycles. The van der Waals surface area contributed by atoms with Gasteiger partial charge in [-0.2, -0.15) is 4.31 Å². The van der Waals surface area contributed by atoms with Gasteiger partial charge < -0.3 is 10.5 Å². The molecule has 118 valence electrons. The Morgan fingerprint density at radius 2 is 1.90 bits per heavy atom. The minimum absolute atomic E-state index is 0.0491. The third kappa shape index (κ3) is 5.35. The van der Waals surface area contributed by atoms with E-state index in [-0.39, 0.29) is 11.8 Å². The lowest BCUT2D eigenvalue weighted by Gasteiger charge is -2.25. The smallest absolute Gasteiger partial charge is 0.218 e. The van der Waals surface area contributed by atoms with Crippen molar-refractivity contribution in [1.82, 2.24) is 4.31 Å². The molecule has 7 heteroatoms. The molecule has 0 bridgehead atoms. The van der Waals surface area contributed by atoms with E-state index in [1.165, 1.54) is 4.31 Å². The van der Waals surface area contributed by atoms with Gasteiger partial charge in [0.15, 0.2) is 0 Å². The Balaban J connectivity index is 2.89. The van der Waals surface area contributed by atoms with Gasteiger partial charge in [-0.25, -0.2) is 8.42 Å². The fraction of sp³-hybridized carbons (Fsp3) is 0.500. The number of thiocarbonyl (C=S) groups is 1. The number of methoxy groups -OCH3 is 1. The number of rotatable bonds is 8. The summed E-state index contributed by atoms with van der Waals surface area (Å²) in [5.74, 6) is -0.0491. The van der Waals surface area contributed by atoms with Gasteiger partial charge in [-0.15, -0.1) is 0 Å². The van der Waals surface area contributed by atoms with Crippen LogP contribution in [0.3, 0.4) is 0 Å². The Kier molecular flexibility index (Phi) is 6.73. The van der Waals surface area contributed by atoms with E-state index in [1.807, 2.05) is 13.8 Å². The number of benzene rings is 1. The van der Waals surface area contributed by atoms with Crippen LogP contribution in [-0.2, 0) is 20.5 Å². The zero-order valence-electron chi connectivity index (χ0n) is 12.6. The van der Waals surface area contributed by atoms with Crippen molar-refractivity contribution in [2.75, 3.05) is 20.3 Å². The van der Waals surface area contributed by atoms with Gasteiger partial charge >= 0.3 is 0 Å². The SMILES string of the molecule is COCCN(C(C)C)S(=O)(=O)Cc1ccc(C(N)=S)cc1. The zero-order valence-corrected chi connectivity index (χ0v) is 14.2. The van der Waals surface area contributed by atoms with Crippen molar-refractivity contribution < 1.29 is 13.2 Å². The van der Waals surface area contributed by atoms with Crippen LogP contribution in [0.25, 0.3) is 0 Å². The van der Waals surface area contributed by atoms with Gasteiger partial charge in [0, 0.05) is 25.3 Å². The second-order valence-electron chi connectivity index (χ2n) is 5.01. The Hall–Kier alpha value is -1.02. The highest BCUT2D eigenvalue weighted by molar-refractivity contribution is 7.88. The second-order valence-corrected chi connectivity index (χ2v) is 7.38. The zero-order chi connectivity index (χ0) is 16.0. The lowest BCUT2D eigenvalue weighted by Crippen LogP contribution is -2.39. The minimum Gasteiger partial charge on any atom is -0.389 e. The lowest BCUT2D eigenvalue weighted by molar-refractivity contribution is 0.171. The summed E-state index contributed by atoms with van der Waals surface area (Å²) < 4.78 is 31.4. The van der Waals surface area contributed by atoms with Crippen LogP contribution in [0.1, 0.15) is 25.0 Å². The van der Waals surface area contributed by atoms with E-state index >= 15 is 0 Å². The van der Waals surface area contributed by atoms with Gasteiger partial charge in [-0.1, -0.05) is 36.5 Å². The molecule has 0 unspecified atom stereocenters. The van der Waals surface area contributed by atoms with Crippen molar-refractivity contribution in [1.29, 1.82) is 0 Å². The molecule has 2 N–H and O–H groups in total. The van der Waals surface area contributed by atoms with Crippen LogP contribution in [0, 0.1) is 0 Å². The highest BCUT2D eigenvalue weighted by Crippen LogP contribution is 2.14. The third-order valence-electron chi connectivity index (χ3n) is 3.04. The number of sulfonamides is 1. The monoisotopic (exact) mass is 330 g/mol. The molecule has 21 heavy (non-hydrogen) atoms. The molecule has 0 aliphatic heterocycles. The van der Waals surface area contributed by atoms with Crippen LogP contribution in [0.4, 0.5) is 0 Å². The summed E-state index contributed by atoms with van der Waals surface area (Å²) in [6.45, 7) is 4.42. The average molecular weight is 330 g/mol. The van der Waals surface area contributed by atoms with Crippen molar-refractivity contribution in [3.63, 3.8) is 0 Å². The Morgan fingerprint density at radius 3 is 2.33 bits per heavy atom. The number of nitrogens with two attached hydrogens (primary N) is 1. The standard InChI is InChI=1S/C14H22N2O3S2/c1-11(2)16(8-9-19-3)21(17,18)10-12-4-6-13(7-5-12)14(15)20/h4-7,11H,8-10H2,1-3H3,(H2,15,20). The maximum Gasteiger partial charge on any atom is 0.218 e. The molecule has 1 aromatic rings. The first-order valence-corrected chi connectivity index (χ1v) is 8.67. The topological polar surface area (TPSA) is 72.6 Å². The van der Waals surface area contributed by atoms with Gasteiger partial charge in [0.25, 0.3) is 0 Å². The molecule has 0 atom stereocenters. The quantitative estimate of drug-likeness (QED) is 0.732. The van der Waals surface area contributed by atoms with Crippen LogP contribution in [0.15, 0.2) is 24.3 Å². The normalized spacial score (nSPS) is 12.0. The molecule has 1 rings (SSSR count). The summed E-state index contributed by atoms with van der Waals surface area (Å²) in [6.07, 6.45) is 0. The van der Waals surface area contributed by atoms with E-state index in [9.17, 15) is 8.42 Å². The fourth-order valence-electron chi connectivity index (χ4n) is 1.96. The van der Waals surface area contributed by atoms with E-state index in [0.29, 0.717) is 23.7 Å². The molecule has 1 aromatic carbocycles. The highest BCUT2D eigenvalue weighted by Gasteiger charge is 2.24. The number of hydrogen-bond acceptors (Lipinski definition) is 4. The molecule has 0 saturated heterocycles. The van der Waals surface area contributed by atoms with Crippen LogP contribution in [-0.4, -0.2) is 44.0 Å². The fourth-order valence-corrected chi connectivity index (χ4v) is 3.87. The Bertz CT molecular complexity index is 568. The summed E-state index contributed by atoms with van der Waals surface area (Å²) in [5, 5.41) is 0. The van der Waals surface area contributed by atoms with Gasteiger partial charge in [0.1, 0.15) is 4.99 Å². The predicted octanol–water partition coefficient (Wildman–Crippen LogP) is 1.51. The molecule has 0 amide bonds. The second kappa shape index (κ2) is 7.84. The first kappa shape index (κ1) is 18.0. The first-order chi connectivity index (χ1) is 9.77. The van der Waals surface area contributed by atoms with Gasteiger partial charge in [-0.05, 0) is 19.4 Å². The molecule has 0 fully saturated rings. The van der Waals surface area contributed by atoms with E-state index in [1.54, 1.807) is 31.4 Å². The van der Waals surface area contributed by atoms with E-state index in [4.69, 9.17) is 22.7 Å². The summed E-state index contributed by atoms with van der Waals surface area (Å²) in [4.78, 5) is 0.299. The first-order valence-electron chi connectivity index (χ1n) is 6.65. The summed E-state index contributed by atoms with van der Waals surface area (Å²) >= 11 is 4.88.